The van der Waals surface area contributed by atoms with Crippen molar-refractivity contribution >= 4 is 17.6 Å². The average molecular weight is 250 g/mol. The predicted molar refractivity (Wildman–Crippen MR) is 63.4 cm³/mol. The minimum Gasteiger partial charge on any atom is -0.478 e. The van der Waals surface area contributed by atoms with Crippen molar-refractivity contribution in [3.8, 4) is 0 Å². The number of carbonyl (C=O) groups is 2. The van der Waals surface area contributed by atoms with Crippen molar-refractivity contribution in [1.29, 1.82) is 0 Å². The highest BCUT2D eigenvalue weighted by Crippen LogP contribution is 2.27. The van der Waals surface area contributed by atoms with Crippen LogP contribution in [0.2, 0.25) is 0 Å². The summed E-state index contributed by atoms with van der Waals surface area (Å²) < 4.78 is 5.39. The molecular formula is C12H14N2O4. The number of carboxylic acids is 1. The summed E-state index contributed by atoms with van der Waals surface area (Å²) >= 11 is 0. The van der Waals surface area contributed by atoms with Crippen LogP contribution in [0.3, 0.4) is 0 Å². The Bertz CT molecular complexity index is 481. The quantitative estimate of drug-likeness (QED) is 0.843. The number of hydrogen-bond acceptors (Lipinski definition) is 4. The van der Waals surface area contributed by atoms with E-state index in [2.05, 4.69) is 10.3 Å². The third-order valence-electron chi connectivity index (χ3n) is 3.00. The number of rotatable bonds is 3. The molecule has 1 amide bonds. The molecule has 0 aromatic carbocycles. The second-order valence-electron chi connectivity index (χ2n) is 4.36. The van der Waals surface area contributed by atoms with Gasteiger partial charge in [-0.1, -0.05) is 0 Å². The van der Waals surface area contributed by atoms with Crippen LogP contribution < -0.4 is 5.32 Å². The maximum Gasteiger partial charge on any atom is 0.337 e. The van der Waals surface area contributed by atoms with Crippen molar-refractivity contribution in [3.63, 3.8) is 0 Å². The normalized spacial score (nSPS) is 22.7. The van der Waals surface area contributed by atoms with E-state index in [0.29, 0.717) is 13.0 Å². The molecule has 0 saturated carbocycles. The number of pyridine rings is 1. The fourth-order valence-electron chi connectivity index (χ4n) is 1.89. The summed E-state index contributed by atoms with van der Waals surface area (Å²) in [5.41, 5.74) is -0.683. The molecule has 1 atom stereocenters. The monoisotopic (exact) mass is 250 g/mol. The van der Waals surface area contributed by atoms with E-state index in [1.807, 2.05) is 0 Å². The van der Waals surface area contributed by atoms with Gasteiger partial charge in [0.05, 0.1) is 17.4 Å². The molecule has 1 aliphatic heterocycles. The first-order valence-electron chi connectivity index (χ1n) is 5.66. The Balaban J connectivity index is 2.19. The molecular weight excluding hydrogens is 236 g/mol. The molecule has 0 bridgehead atoms. The minimum absolute atomic E-state index is 0.0138. The Morgan fingerprint density at radius 3 is 2.94 bits per heavy atom. The second-order valence-corrected chi connectivity index (χ2v) is 4.36. The highest BCUT2D eigenvalue weighted by Gasteiger charge is 2.38. The van der Waals surface area contributed by atoms with Crippen LogP contribution in [0.25, 0.3) is 0 Å². The molecule has 1 aromatic heterocycles. The molecule has 0 aliphatic carbocycles. The van der Waals surface area contributed by atoms with Gasteiger partial charge in [0.25, 0.3) is 5.91 Å². The van der Waals surface area contributed by atoms with Gasteiger partial charge in [-0.15, -0.1) is 0 Å². The Labute approximate surface area is 104 Å². The van der Waals surface area contributed by atoms with Crippen molar-refractivity contribution in [1.82, 2.24) is 4.98 Å². The smallest absolute Gasteiger partial charge is 0.337 e. The average Bonchev–Trinajstić information content (AvgIpc) is 2.78. The summed E-state index contributed by atoms with van der Waals surface area (Å²) in [5.74, 6) is -1.44. The number of anilines is 1. The van der Waals surface area contributed by atoms with Gasteiger partial charge in [0, 0.05) is 12.8 Å². The second kappa shape index (κ2) is 4.73. The van der Waals surface area contributed by atoms with E-state index in [0.717, 1.165) is 6.42 Å². The minimum atomic E-state index is -1.11. The van der Waals surface area contributed by atoms with E-state index in [1.165, 1.54) is 18.5 Å². The highest BCUT2D eigenvalue weighted by atomic mass is 16.5. The topological polar surface area (TPSA) is 88.5 Å². The van der Waals surface area contributed by atoms with E-state index < -0.39 is 11.6 Å². The zero-order valence-electron chi connectivity index (χ0n) is 9.97. The fourth-order valence-corrected chi connectivity index (χ4v) is 1.89. The molecule has 1 aromatic rings. The molecule has 2 heterocycles. The molecule has 6 nitrogen and oxygen atoms in total. The lowest BCUT2D eigenvalue weighted by Gasteiger charge is -2.22. The number of nitrogens with zero attached hydrogens (tertiary/aromatic N) is 1. The third kappa shape index (κ3) is 2.33. The fraction of sp³-hybridized carbons (Fsp3) is 0.417. The standard InChI is InChI=1S/C12H14N2O4/c1-12(4-2-6-18-12)11(17)14-9-7-13-5-3-8(9)10(15)16/h3,5,7H,2,4,6H2,1H3,(H,14,17)(H,15,16). The number of carbonyl (C=O) groups excluding carboxylic acids is 1. The number of ether oxygens (including phenoxy) is 1. The summed E-state index contributed by atoms with van der Waals surface area (Å²) in [6.45, 7) is 2.24. The van der Waals surface area contributed by atoms with Gasteiger partial charge >= 0.3 is 5.97 Å². The van der Waals surface area contributed by atoms with Crippen LogP contribution >= 0.6 is 0 Å². The maximum absolute atomic E-state index is 12.1. The Kier molecular flexibility index (Phi) is 3.29. The lowest BCUT2D eigenvalue weighted by molar-refractivity contribution is -0.133. The molecule has 6 heteroatoms. The molecule has 0 radical (unpaired) electrons. The molecule has 1 saturated heterocycles. The molecule has 1 aliphatic rings. The highest BCUT2D eigenvalue weighted by molar-refractivity contribution is 6.03. The first-order valence-corrected chi connectivity index (χ1v) is 5.66. The summed E-state index contributed by atoms with van der Waals surface area (Å²) in [7, 11) is 0. The van der Waals surface area contributed by atoms with E-state index in [9.17, 15) is 9.59 Å². The molecule has 96 valence electrons. The number of hydrogen-bond donors (Lipinski definition) is 2. The van der Waals surface area contributed by atoms with Crippen LogP contribution in [0, 0.1) is 0 Å². The van der Waals surface area contributed by atoms with Crippen LogP contribution in [0.15, 0.2) is 18.5 Å². The van der Waals surface area contributed by atoms with Gasteiger partial charge in [-0.2, -0.15) is 0 Å². The molecule has 0 spiro atoms. The van der Waals surface area contributed by atoms with Crippen molar-refractivity contribution in [2.75, 3.05) is 11.9 Å². The largest absolute Gasteiger partial charge is 0.478 e. The summed E-state index contributed by atoms with van der Waals surface area (Å²) in [6, 6.07) is 1.34. The van der Waals surface area contributed by atoms with Crippen LogP contribution in [0.1, 0.15) is 30.1 Å². The lowest BCUT2D eigenvalue weighted by Crippen LogP contribution is -2.39. The van der Waals surface area contributed by atoms with Crippen LogP contribution in [0.4, 0.5) is 5.69 Å². The lowest BCUT2D eigenvalue weighted by atomic mass is 10.0. The maximum atomic E-state index is 12.1. The molecule has 2 rings (SSSR count). The van der Waals surface area contributed by atoms with E-state index in [4.69, 9.17) is 9.84 Å². The van der Waals surface area contributed by atoms with E-state index in [-0.39, 0.29) is 17.2 Å². The van der Waals surface area contributed by atoms with Crippen LogP contribution in [-0.2, 0) is 9.53 Å². The van der Waals surface area contributed by atoms with Gasteiger partial charge in [-0.05, 0) is 25.8 Å². The van der Waals surface area contributed by atoms with Crippen molar-refractivity contribution in [2.24, 2.45) is 0 Å². The number of nitrogens with one attached hydrogen (secondary N) is 1. The predicted octanol–water partition coefficient (Wildman–Crippen LogP) is 1.29. The Morgan fingerprint density at radius 2 is 2.33 bits per heavy atom. The van der Waals surface area contributed by atoms with Crippen molar-refractivity contribution in [2.45, 2.75) is 25.4 Å². The molecule has 2 N–H and O–H groups in total. The summed E-state index contributed by atoms with van der Waals surface area (Å²) in [5, 5.41) is 11.6. The number of carboxylic acid groups (broad SMARTS) is 1. The van der Waals surface area contributed by atoms with Crippen molar-refractivity contribution in [3.05, 3.63) is 24.0 Å². The van der Waals surface area contributed by atoms with Crippen LogP contribution in [0.5, 0.6) is 0 Å². The molecule has 18 heavy (non-hydrogen) atoms. The van der Waals surface area contributed by atoms with Crippen molar-refractivity contribution < 1.29 is 19.4 Å². The Morgan fingerprint density at radius 1 is 1.56 bits per heavy atom. The number of aromatic carboxylic acids is 1. The summed E-state index contributed by atoms with van der Waals surface area (Å²) in [6.07, 6.45) is 4.14. The first kappa shape index (κ1) is 12.5. The van der Waals surface area contributed by atoms with Gasteiger partial charge in [0.2, 0.25) is 0 Å². The SMILES string of the molecule is CC1(C(=O)Nc2cnccc2C(=O)O)CCCO1. The zero-order valence-corrected chi connectivity index (χ0v) is 9.97. The van der Waals surface area contributed by atoms with Gasteiger partial charge in [-0.3, -0.25) is 9.78 Å². The third-order valence-corrected chi connectivity index (χ3v) is 3.00. The zero-order chi connectivity index (χ0) is 13.2. The first-order chi connectivity index (χ1) is 8.53. The van der Waals surface area contributed by atoms with Gasteiger partial charge in [0.15, 0.2) is 0 Å². The number of amides is 1. The Hall–Kier alpha value is -1.95. The summed E-state index contributed by atoms with van der Waals surface area (Å²) in [4.78, 5) is 26.9. The molecule has 1 fully saturated rings. The van der Waals surface area contributed by atoms with Gasteiger partial charge in [0.1, 0.15) is 5.60 Å². The van der Waals surface area contributed by atoms with E-state index in [1.54, 1.807) is 6.92 Å². The number of aromatic nitrogens is 1. The van der Waals surface area contributed by atoms with Gasteiger partial charge in [-0.25, -0.2) is 4.79 Å². The van der Waals surface area contributed by atoms with Gasteiger partial charge < -0.3 is 15.2 Å². The van der Waals surface area contributed by atoms with Crippen LogP contribution in [-0.4, -0.2) is 34.2 Å². The molecule has 1 unspecified atom stereocenters. The van der Waals surface area contributed by atoms with E-state index >= 15 is 0 Å².